The quantitative estimate of drug-likeness (QED) is 0.447. The molecule has 0 heterocycles. The smallest absolute Gasteiger partial charge is 0.103 e. The molecule has 0 radical (unpaired) electrons. The van der Waals surface area contributed by atoms with Crippen molar-refractivity contribution in [1.82, 2.24) is 0 Å². The van der Waals surface area contributed by atoms with Gasteiger partial charge in [0.1, 0.15) is 6.10 Å². The van der Waals surface area contributed by atoms with Crippen molar-refractivity contribution in [2.24, 2.45) is 5.73 Å². The van der Waals surface area contributed by atoms with E-state index in [4.69, 9.17) is 21.1 Å². The second kappa shape index (κ2) is 11.6. The summed E-state index contributed by atoms with van der Waals surface area (Å²) in [5.41, 5.74) is 4.91. The Hall–Kier alpha value is -0.420. The molecule has 4 nitrogen and oxygen atoms in total. The topological polar surface area (TPSA) is 86.7 Å². The Kier molecular flexibility index (Phi) is 13.4. The SMILES string of the molecule is C=CCN.CCCC(O)C(O)CO. The number of hydrogen-bond acceptors (Lipinski definition) is 4. The molecule has 4 heteroatoms. The van der Waals surface area contributed by atoms with Crippen LogP contribution < -0.4 is 5.73 Å². The van der Waals surface area contributed by atoms with Gasteiger partial charge in [-0.25, -0.2) is 0 Å². The fourth-order valence-corrected chi connectivity index (χ4v) is 0.610. The molecule has 5 N–H and O–H groups in total. The lowest BCUT2D eigenvalue weighted by molar-refractivity contribution is -0.0177. The zero-order valence-electron chi connectivity index (χ0n) is 8.19. The van der Waals surface area contributed by atoms with E-state index in [2.05, 4.69) is 6.58 Å². The molecule has 0 saturated carbocycles. The maximum absolute atomic E-state index is 8.91. The van der Waals surface area contributed by atoms with Crippen LogP contribution in [-0.2, 0) is 0 Å². The molecule has 0 aliphatic carbocycles. The van der Waals surface area contributed by atoms with E-state index in [0.717, 1.165) is 6.42 Å². The zero-order valence-corrected chi connectivity index (χ0v) is 8.19. The second-order valence-electron chi connectivity index (χ2n) is 2.63. The molecule has 0 aliphatic rings. The third-order valence-electron chi connectivity index (χ3n) is 1.38. The lowest BCUT2D eigenvalue weighted by Crippen LogP contribution is -2.28. The average molecular weight is 191 g/mol. The normalized spacial score (nSPS) is 13.9. The molecule has 0 fully saturated rings. The molecule has 0 saturated heterocycles. The van der Waals surface area contributed by atoms with E-state index in [9.17, 15) is 0 Å². The van der Waals surface area contributed by atoms with Crippen molar-refractivity contribution in [2.45, 2.75) is 32.0 Å². The van der Waals surface area contributed by atoms with Gasteiger partial charge in [0.25, 0.3) is 0 Å². The van der Waals surface area contributed by atoms with Crippen LogP contribution in [0.4, 0.5) is 0 Å². The van der Waals surface area contributed by atoms with Gasteiger partial charge in [0, 0.05) is 6.54 Å². The zero-order chi connectivity index (χ0) is 10.7. The number of aliphatic hydroxyl groups is 3. The highest BCUT2D eigenvalue weighted by molar-refractivity contribution is 4.64. The molecule has 0 aromatic heterocycles. The molecule has 80 valence electrons. The van der Waals surface area contributed by atoms with Gasteiger partial charge in [-0.05, 0) is 6.42 Å². The number of aliphatic hydroxyl groups excluding tert-OH is 3. The van der Waals surface area contributed by atoms with Crippen molar-refractivity contribution in [3.63, 3.8) is 0 Å². The molecule has 0 rings (SSSR count). The Bertz CT molecular complexity index is 109. The van der Waals surface area contributed by atoms with Crippen LogP contribution >= 0.6 is 0 Å². The first-order valence-electron chi connectivity index (χ1n) is 4.41. The predicted octanol–water partition coefficient (Wildman–Crippen LogP) is -0.368. The molecule has 0 aliphatic heterocycles. The van der Waals surface area contributed by atoms with Crippen LogP contribution in [0.1, 0.15) is 19.8 Å². The van der Waals surface area contributed by atoms with E-state index in [-0.39, 0.29) is 6.61 Å². The fraction of sp³-hybridized carbons (Fsp3) is 0.778. The summed E-state index contributed by atoms with van der Waals surface area (Å²) >= 11 is 0. The minimum absolute atomic E-state index is 0.360. The van der Waals surface area contributed by atoms with Crippen molar-refractivity contribution in [2.75, 3.05) is 13.2 Å². The highest BCUT2D eigenvalue weighted by Gasteiger charge is 2.12. The Labute approximate surface area is 79.7 Å². The lowest BCUT2D eigenvalue weighted by Gasteiger charge is -2.13. The molecular weight excluding hydrogens is 170 g/mol. The third-order valence-corrected chi connectivity index (χ3v) is 1.38. The minimum atomic E-state index is -0.968. The van der Waals surface area contributed by atoms with Crippen molar-refractivity contribution >= 4 is 0 Å². The minimum Gasteiger partial charge on any atom is -0.394 e. The van der Waals surface area contributed by atoms with E-state index in [1.165, 1.54) is 0 Å². The first-order chi connectivity index (χ1) is 6.13. The van der Waals surface area contributed by atoms with Crippen LogP contribution in [0.15, 0.2) is 12.7 Å². The molecule has 13 heavy (non-hydrogen) atoms. The van der Waals surface area contributed by atoms with Crippen LogP contribution in [0.3, 0.4) is 0 Å². The van der Waals surface area contributed by atoms with Crippen LogP contribution in [0.5, 0.6) is 0 Å². The highest BCUT2D eigenvalue weighted by atomic mass is 16.4. The Morgan fingerprint density at radius 3 is 2.08 bits per heavy atom. The lowest BCUT2D eigenvalue weighted by atomic mass is 10.1. The first kappa shape index (κ1) is 15.1. The molecular formula is C9H21NO3. The van der Waals surface area contributed by atoms with Crippen molar-refractivity contribution in [3.05, 3.63) is 12.7 Å². The second-order valence-corrected chi connectivity index (χ2v) is 2.63. The summed E-state index contributed by atoms with van der Waals surface area (Å²) in [5.74, 6) is 0. The summed E-state index contributed by atoms with van der Waals surface area (Å²) in [6.45, 7) is 5.49. The van der Waals surface area contributed by atoms with Gasteiger partial charge in [-0.3, -0.25) is 0 Å². The van der Waals surface area contributed by atoms with Gasteiger partial charge in [0.05, 0.1) is 12.7 Å². The van der Waals surface area contributed by atoms with Gasteiger partial charge in [-0.1, -0.05) is 19.4 Å². The van der Waals surface area contributed by atoms with E-state index in [1.807, 2.05) is 6.92 Å². The Morgan fingerprint density at radius 2 is 1.85 bits per heavy atom. The van der Waals surface area contributed by atoms with Crippen LogP contribution in [0.25, 0.3) is 0 Å². The maximum Gasteiger partial charge on any atom is 0.103 e. The summed E-state index contributed by atoms with van der Waals surface area (Å²) in [5, 5.41) is 26.0. The number of nitrogens with two attached hydrogens (primary N) is 1. The Morgan fingerprint density at radius 1 is 1.38 bits per heavy atom. The van der Waals surface area contributed by atoms with Crippen molar-refractivity contribution in [1.29, 1.82) is 0 Å². The third kappa shape index (κ3) is 11.6. The van der Waals surface area contributed by atoms with Gasteiger partial charge >= 0.3 is 0 Å². The molecule has 2 atom stereocenters. The predicted molar refractivity (Wildman–Crippen MR) is 53.3 cm³/mol. The van der Waals surface area contributed by atoms with Crippen LogP contribution in [0, 0.1) is 0 Å². The summed E-state index contributed by atoms with van der Waals surface area (Å²) < 4.78 is 0. The van der Waals surface area contributed by atoms with Crippen LogP contribution in [-0.4, -0.2) is 40.7 Å². The summed E-state index contributed by atoms with van der Waals surface area (Å²) in [6, 6.07) is 0. The largest absolute Gasteiger partial charge is 0.394 e. The monoisotopic (exact) mass is 191 g/mol. The first-order valence-corrected chi connectivity index (χ1v) is 4.41. The standard InChI is InChI=1S/C6H14O3.C3H7N/c1-2-3-5(8)6(9)4-7;1-2-3-4/h5-9H,2-4H2,1H3;2H,1,3-4H2. The molecule has 0 amide bonds. The van der Waals surface area contributed by atoms with Gasteiger partial charge in [0.15, 0.2) is 0 Å². The molecule has 0 aromatic rings. The highest BCUT2D eigenvalue weighted by Crippen LogP contribution is 2.00. The van der Waals surface area contributed by atoms with Gasteiger partial charge < -0.3 is 21.1 Å². The number of hydrogen-bond donors (Lipinski definition) is 4. The molecule has 2 unspecified atom stereocenters. The van der Waals surface area contributed by atoms with E-state index in [1.54, 1.807) is 6.08 Å². The molecule has 0 bridgehead atoms. The number of rotatable bonds is 5. The molecule has 0 spiro atoms. The van der Waals surface area contributed by atoms with E-state index in [0.29, 0.717) is 13.0 Å². The van der Waals surface area contributed by atoms with Gasteiger partial charge in [-0.2, -0.15) is 0 Å². The summed E-state index contributed by atoms with van der Waals surface area (Å²) in [4.78, 5) is 0. The maximum atomic E-state index is 8.91. The van der Waals surface area contributed by atoms with Crippen molar-refractivity contribution in [3.8, 4) is 0 Å². The summed E-state index contributed by atoms with van der Waals surface area (Å²) in [7, 11) is 0. The van der Waals surface area contributed by atoms with Gasteiger partial charge in [0.2, 0.25) is 0 Å². The summed E-state index contributed by atoms with van der Waals surface area (Å²) in [6.07, 6.45) is 1.28. The fourth-order valence-electron chi connectivity index (χ4n) is 0.610. The van der Waals surface area contributed by atoms with E-state index < -0.39 is 12.2 Å². The van der Waals surface area contributed by atoms with Crippen molar-refractivity contribution < 1.29 is 15.3 Å². The van der Waals surface area contributed by atoms with E-state index >= 15 is 0 Å². The average Bonchev–Trinajstić information content (AvgIpc) is 2.17. The Balaban J connectivity index is 0. The molecule has 0 aromatic carbocycles. The van der Waals surface area contributed by atoms with Gasteiger partial charge in [-0.15, -0.1) is 6.58 Å². The van der Waals surface area contributed by atoms with Crippen LogP contribution in [0.2, 0.25) is 0 Å².